The van der Waals surface area contributed by atoms with Gasteiger partial charge in [-0.3, -0.25) is 9.59 Å². The number of nitrogens with one attached hydrogen (secondary N) is 1. The van der Waals surface area contributed by atoms with Crippen molar-refractivity contribution in [2.24, 2.45) is 18.7 Å². The van der Waals surface area contributed by atoms with E-state index < -0.39 is 11.6 Å². The van der Waals surface area contributed by atoms with Crippen LogP contribution < -0.4 is 11.1 Å². The fourth-order valence-corrected chi connectivity index (χ4v) is 4.76. The Balaban J connectivity index is 1.77. The molecule has 1 aromatic heterocycles. The Morgan fingerprint density at radius 3 is 2.47 bits per heavy atom. The average molecular weight is 519 g/mol. The summed E-state index contributed by atoms with van der Waals surface area (Å²) in [5.41, 5.74) is 5.98. The summed E-state index contributed by atoms with van der Waals surface area (Å²) in [4.78, 5) is 27.8. The molecule has 2 atom stereocenters. The summed E-state index contributed by atoms with van der Waals surface area (Å²) in [7, 11) is 1.83. The van der Waals surface area contributed by atoms with Crippen LogP contribution in [-0.4, -0.2) is 75.2 Å². The molecule has 11 heteroatoms. The van der Waals surface area contributed by atoms with Gasteiger partial charge >= 0.3 is 0 Å². The number of rotatable bonds is 11. The second kappa shape index (κ2) is 12.7. The number of hydrogen-bond donors (Lipinski definition) is 2. The Labute approximate surface area is 217 Å². The summed E-state index contributed by atoms with van der Waals surface area (Å²) < 4.78 is 13.1. The summed E-state index contributed by atoms with van der Waals surface area (Å²) in [6.07, 6.45) is 0. The van der Waals surface area contributed by atoms with Gasteiger partial charge in [-0.05, 0) is 25.3 Å². The predicted molar refractivity (Wildman–Crippen MR) is 138 cm³/mol. The van der Waals surface area contributed by atoms with Crippen molar-refractivity contribution in [2.45, 2.75) is 56.3 Å². The lowest BCUT2D eigenvalue weighted by Crippen LogP contribution is -2.51. The van der Waals surface area contributed by atoms with Crippen molar-refractivity contribution in [2.75, 3.05) is 32.9 Å². The number of hydrogen-bond acceptors (Lipinski definition) is 8. The van der Waals surface area contributed by atoms with Crippen molar-refractivity contribution in [1.82, 2.24) is 25.0 Å². The van der Waals surface area contributed by atoms with E-state index >= 15 is 0 Å². The molecule has 2 heterocycles. The van der Waals surface area contributed by atoms with Gasteiger partial charge in [0.25, 0.3) is 0 Å². The van der Waals surface area contributed by atoms with Crippen LogP contribution in [0.4, 0.5) is 0 Å². The van der Waals surface area contributed by atoms with E-state index in [1.165, 1.54) is 11.8 Å². The van der Waals surface area contributed by atoms with E-state index in [1.807, 2.05) is 60.7 Å². The molecule has 36 heavy (non-hydrogen) atoms. The van der Waals surface area contributed by atoms with Crippen molar-refractivity contribution < 1.29 is 19.1 Å². The molecule has 1 aromatic carbocycles. The van der Waals surface area contributed by atoms with Crippen molar-refractivity contribution >= 4 is 23.6 Å². The molecule has 0 bridgehead atoms. The van der Waals surface area contributed by atoms with E-state index in [-0.39, 0.29) is 29.6 Å². The van der Waals surface area contributed by atoms with Gasteiger partial charge in [-0.2, -0.15) is 0 Å². The Kier molecular flexibility index (Phi) is 9.89. The smallest absolute Gasteiger partial charge is 0.240 e. The average Bonchev–Trinajstić information content (AvgIpc) is 3.21. The highest BCUT2D eigenvalue weighted by molar-refractivity contribution is 8.00. The lowest BCUT2D eigenvalue weighted by molar-refractivity contribution is -0.135. The van der Waals surface area contributed by atoms with Crippen LogP contribution in [0, 0.1) is 5.92 Å². The number of aromatic nitrogens is 3. The number of amides is 2. The van der Waals surface area contributed by atoms with E-state index in [0.717, 1.165) is 5.56 Å². The number of nitrogens with zero attached hydrogens (tertiary/aromatic N) is 4. The topological polar surface area (TPSA) is 125 Å². The molecule has 10 nitrogen and oxygen atoms in total. The number of ether oxygens (including phenoxy) is 2. The molecule has 3 rings (SSSR count). The first-order valence-electron chi connectivity index (χ1n) is 12.2. The molecule has 198 valence electrons. The zero-order valence-corrected chi connectivity index (χ0v) is 22.6. The Morgan fingerprint density at radius 2 is 1.86 bits per heavy atom. The molecule has 1 aliphatic heterocycles. The molecule has 0 spiro atoms. The molecule has 0 saturated carbocycles. The van der Waals surface area contributed by atoms with Gasteiger partial charge in [0, 0.05) is 20.1 Å². The van der Waals surface area contributed by atoms with Gasteiger partial charge in [-0.15, -0.1) is 10.2 Å². The highest BCUT2D eigenvalue weighted by Gasteiger charge is 2.32. The van der Waals surface area contributed by atoms with E-state index in [9.17, 15) is 9.59 Å². The van der Waals surface area contributed by atoms with Crippen LogP contribution in [0.2, 0.25) is 0 Å². The Bertz CT molecular complexity index is 1000. The zero-order valence-electron chi connectivity index (χ0n) is 21.8. The third-order valence-corrected chi connectivity index (χ3v) is 7.44. The van der Waals surface area contributed by atoms with Crippen LogP contribution in [0.3, 0.4) is 0 Å². The normalized spacial score (nSPS) is 16.1. The van der Waals surface area contributed by atoms with E-state index in [1.54, 1.807) is 13.8 Å². The standard InChI is InChI=1S/C25H38N6O4S/c1-17(2)20(22(32)31-11-13-34-14-12-31)36-24-29-28-21(30(24)5)19(27-23(33)25(3,4)26)16-35-15-18-9-7-6-8-10-18/h6-10,17,19-20H,11-16,26H2,1-5H3,(H,27,33). The maximum atomic E-state index is 13.2. The molecular weight excluding hydrogens is 480 g/mol. The summed E-state index contributed by atoms with van der Waals surface area (Å²) in [5.74, 6) is 0.372. The maximum Gasteiger partial charge on any atom is 0.240 e. The van der Waals surface area contributed by atoms with Crippen LogP contribution >= 0.6 is 11.8 Å². The molecule has 2 unspecified atom stereocenters. The third kappa shape index (κ3) is 7.52. The zero-order chi connectivity index (χ0) is 26.3. The third-order valence-electron chi connectivity index (χ3n) is 5.87. The number of nitrogens with two attached hydrogens (primary N) is 1. The van der Waals surface area contributed by atoms with Crippen LogP contribution in [-0.2, 0) is 32.7 Å². The summed E-state index contributed by atoms with van der Waals surface area (Å²) in [6.45, 7) is 10.2. The van der Waals surface area contributed by atoms with Gasteiger partial charge in [0.15, 0.2) is 11.0 Å². The van der Waals surface area contributed by atoms with Crippen molar-refractivity contribution in [3.63, 3.8) is 0 Å². The first kappa shape index (κ1) is 28.1. The molecule has 1 saturated heterocycles. The van der Waals surface area contributed by atoms with Crippen molar-refractivity contribution in [1.29, 1.82) is 0 Å². The monoisotopic (exact) mass is 518 g/mol. The minimum absolute atomic E-state index is 0.0729. The van der Waals surface area contributed by atoms with E-state index in [2.05, 4.69) is 15.5 Å². The summed E-state index contributed by atoms with van der Waals surface area (Å²) >= 11 is 1.39. The van der Waals surface area contributed by atoms with Crippen LogP contribution in [0.25, 0.3) is 0 Å². The Morgan fingerprint density at radius 1 is 1.19 bits per heavy atom. The van der Waals surface area contributed by atoms with Gasteiger partial charge < -0.3 is 30.0 Å². The fraction of sp³-hybridized carbons (Fsp3) is 0.600. The molecule has 2 amide bonds. The molecule has 1 fully saturated rings. The van der Waals surface area contributed by atoms with Crippen LogP contribution in [0.1, 0.15) is 45.1 Å². The molecular formula is C25H38N6O4S. The molecule has 3 N–H and O–H groups in total. The fourth-order valence-electron chi connectivity index (χ4n) is 3.67. The summed E-state index contributed by atoms with van der Waals surface area (Å²) in [5, 5.41) is 12.0. The van der Waals surface area contributed by atoms with Gasteiger partial charge in [0.2, 0.25) is 11.8 Å². The highest BCUT2D eigenvalue weighted by Crippen LogP contribution is 2.30. The number of carbonyl (C=O) groups is 2. The van der Waals surface area contributed by atoms with Gasteiger partial charge in [-0.1, -0.05) is 55.9 Å². The number of morpholine rings is 1. The van der Waals surface area contributed by atoms with Crippen LogP contribution in [0.5, 0.6) is 0 Å². The lowest BCUT2D eigenvalue weighted by atomic mass is 10.1. The Hall–Kier alpha value is -2.47. The van der Waals surface area contributed by atoms with Gasteiger partial charge in [-0.25, -0.2) is 0 Å². The van der Waals surface area contributed by atoms with Gasteiger partial charge in [0.1, 0.15) is 6.04 Å². The summed E-state index contributed by atoms with van der Waals surface area (Å²) in [6, 6.07) is 9.23. The second-order valence-electron chi connectivity index (χ2n) is 9.87. The van der Waals surface area contributed by atoms with Crippen molar-refractivity contribution in [3.8, 4) is 0 Å². The molecule has 1 aliphatic rings. The van der Waals surface area contributed by atoms with Gasteiger partial charge in [0.05, 0.1) is 37.2 Å². The molecule has 0 aliphatic carbocycles. The SMILES string of the molecule is CC(C)C(Sc1nnc(C(COCc2ccccc2)NC(=O)C(C)(C)N)n1C)C(=O)N1CCOCC1. The number of thioether (sulfide) groups is 1. The van der Waals surface area contributed by atoms with E-state index in [0.29, 0.717) is 43.9 Å². The maximum absolute atomic E-state index is 13.2. The van der Waals surface area contributed by atoms with Crippen molar-refractivity contribution in [3.05, 3.63) is 41.7 Å². The predicted octanol–water partition coefficient (Wildman–Crippen LogP) is 1.90. The number of benzene rings is 1. The lowest BCUT2D eigenvalue weighted by Gasteiger charge is -2.31. The highest BCUT2D eigenvalue weighted by atomic mass is 32.2. The quantitative estimate of drug-likeness (QED) is 0.432. The minimum atomic E-state index is -1.07. The minimum Gasteiger partial charge on any atom is -0.378 e. The second-order valence-corrected chi connectivity index (χ2v) is 11.0. The molecule has 0 radical (unpaired) electrons. The van der Waals surface area contributed by atoms with E-state index in [4.69, 9.17) is 15.2 Å². The first-order valence-corrected chi connectivity index (χ1v) is 13.1. The first-order chi connectivity index (χ1) is 17.1. The number of carbonyl (C=O) groups excluding carboxylic acids is 2. The largest absolute Gasteiger partial charge is 0.378 e. The van der Waals surface area contributed by atoms with Crippen LogP contribution in [0.15, 0.2) is 35.5 Å². The molecule has 2 aromatic rings.